The van der Waals surface area contributed by atoms with E-state index in [9.17, 15) is 19.2 Å². The van der Waals surface area contributed by atoms with Gasteiger partial charge in [0, 0.05) is 26.3 Å². The van der Waals surface area contributed by atoms with Gasteiger partial charge in [-0.05, 0) is 37.5 Å². The van der Waals surface area contributed by atoms with Crippen LogP contribution in [0.4, 0.5) is 0 Å². The molecule has 0 saturated heterocycles. The molecule has 8 heteroatoms. The van der Waals surface area contributed by atoms with E-state index in [0.717, 1.165) is 4.90 Å². The number of ether oxygens (including phenoxy) is 2. The van der Waals surface area contributed by atoms with Gasteiger partial charge in [-0.15, -0.1) is 0 Å². The fraction of sp³-hybridized carbons (Fsp3) is 0.500. The van der Waals surface area contributed by atoms with Crippen molar-refractivity contribution >= 4 is 23.7 Å². The Bertz CT molecular complexity index is 774. The van der Waals surface area contributed by atoms with Crippen molar-refractivity contribution in [3.05, 3.63) is 34.9 Å². The number of hydrogen-bond donors (Lipinski definition) is 1. The summed E-state index contributed by atoms with van der Waals surface area (Å²) in [5.74, 6) is -1.71. The van der Waals surface area contributed by atoms with Crippen LogP contribution in [0.5, 0.6) is 0 Å². The maximum absolute atomic E-state index is 12.5. The number of methoxy groups -OCH3 is 1. The van der Waals surface area contributed by atoms with Gasteiger partial charge < -0.3 is 14.8 Å². The average Bonchev–Trinajstić information content (AvgIpc) is 2.90. The average molecular weight is 390 g/mol. The van der Waals surface area contributed by atoms with E-state index in [-0.39, 0.29) is 35.2 Å². The van der Waals surface area contributed by atoms with Crippen molar-refractivity contribution in [1.82, 2.24) is 10.2 Å². The van der Waals surface area contributed by atoms with Crippen LogP contribution in [0.15, 0.2) is 18.2 Å². The first-order chi connectivity index (χ1) is 13.3. The number of amides is 3. The zero-order valence-corrected chi connectivity index (χ0v) is 16.6. The number of rotatable bonds is 9. The molecule has 1 aliphatic heterocycles. The van der Waals surface area contributed by atoms with Gasteiger partial charge in [0.05, 0.1) is 16.7 Å². The Labute approximate surface area is 164 Å². The number of benzene rings is 1. The molecule has 0 bridgehead atoms. The van der Waals surface area contributed by atoms with Gasteiger partial charge in [0.25, 0.3) is 17.7 Å². The molecule has 3 amide bonds. The molecule has 0 aliphatic carbocycles. The van der Waals surface area contributed by atoms with Gasteiger partial charge in [-0.3, -0.25) is 19.3 Å². The summed E-state index contributed by atoms with van der Waals surface area (Å²) in [6.07, 6.45) is 0.529. The number of nitrogens with zero attached hydrogens (tertiary/aromatic N) is 1. The number of hydrogen-bond acceptors (Lipinski definition) is 6. The van der Waals surface area contributed by atoms with Crippen LogP contribution in [0.2, 0.25) is 0 Å². The zero-order valence-electron chi connectivity index (χ0n) is 16.6. The first-order valence-electron chi connectivity index (χ1n) is 9.22. The first-order valence-corrected chi connectivity index (χ1v) is 9.22. The van der Waals surface area contributed by atoms with Crippen LogP contribution in [0.25, 0.3) is 0 Å². The Morgan fingerprint density at radius 1 is 1.11 bits per heavy atom. The number of fused-ring (bicyclic) bond motifs is 1. The van der Waals surface area contributed by atoms with Crippen LogP contribution in [0.3, 0.4) is 0 Å². The third kappa shape index (κ3) is 4.95. The maximum Gasteiger partial charge on any atom is 0.338 e. The van der Waals surface area contributed by atoms with E-state index in [1.807, 2.05) is 20.8 Å². The molecule has 152 valence electrons. The third-order valence-corrected chi connectivity index (χ3v) is 4.66. The molecule has 8 nitrogen and oxygen atoms in total. The van der Waals surface area contributed by atoms with Gasteiger partial charge in [-0.1, -0.05) is 13.8 Å². The number of carbonyl (C=O) groups is 4. The van der Waals surface area contributed by atoms with Crippen LogP contribution in [-0.2, 0) is 14.3 Å². The largest absolute Gasteiger partial charge is 0.452 e. The van der Waals surface area contributed by atoms with E-state index < -0.39 is 30.3 Å². The molecule has 28 heavy (non-hydrogen) atoms. The minimum atomic E-state index is -0.728. The molecule has 1 heterocycles. The Morgan fingerprint density at radius 2 is 1.79 bits per heavy atom. The van der Waals surface area contributed by atoms with Crippen molar-refractivity contribution in [2.24, 2.45) is 5.92 Å². The summed E-state index contributed by atoms with van der Waals surface area (Å²) in [4.78, 5) is 50.0. The van der Waals surface area contributed by atoms with Crippen molar-refractivity contribution in [3.63, 3.8) is 0 Å². The zero-order chi connectivity index (χ0) is 20.8. The molecule has 0 spiro atoms. The summed E-state index contributed by atoms with van der Waals surface area (Å²) < 4.78 is 9.96. The first kappa shape index (κ1) is 21.6. The summed E-state index contributed by atoms with van der Waals surface area (Å²) in [7, 11) is 1.55. The molecule has 0 fully saturated rings. The molecular weight excluding hydrogens is 364 g/mol. The highest BCUT2D eigenvalue weighted by atomic mass is 16.5. The minimum Gasteiger partial charge on any atom is -0.452 e. The standard InChI is InChI=1S/C20H26N2O6/c1-12(2)13(3)21-17(23)11-28-20(26)14-6-7-15-16(10-14)19(25)22(18(15)24)8-5-9-27-4/h6-7,10,12-13H,5,8-9,11H2,1-4H3,(H,21,23). The predicted molar refractivity (Wildman–Crippen MR) is 101 cm³/mol. The lowest BCUT2D eigenvalue weighted by Gasteiger charge is -2.17. The highest BCUT2D eigenvalue weighted by molar-refractivity contribution is 6.21. The second-order valence-electron chi connectivity index (χ2n) is 7.04. The predicted octanol–water partition coefficient (Wildman–Crippen LogP) is 1.64. The van der Waals surface area contributed by atoms with Gasteiger partial charge in [-0.25, -0.2) is 4.79 Å². The summed E-state index contributed by atoms with van der Waals surface area (Å²) >= 11 is 0. The molecule has 0 radical (unpaired) electrons. The van der Waals surface area contributed by atoms with Crippen molar-refractivity contribution < 1.29 is 28.7 Å². The summed E-state index contributed by atoms with van der Waals surface area (Å²) in [6.45, 7) is 6.07. The molecular formula is C20H26N2O6. The molecule has 0 saturated carbocycles. The highest BCUT2D eigenvalue weighted by Gasteiger charge is 2.35. The van der Waals surface area contributed by atoms with Crippen molar-refractivity contribution in [2.45, 2.75) is 33.2 Å². The van der Waals surface area contributed by atoms with E-state index in [0.29, 0.717) is 13.0 Å². The Morgan fingerprint density at radius 3 is 2.43 bits per heavy atom. The monoisotopic (exact) mass is 390 g/mol. The molecule has 1 N–H and O–H groups in total. The quantitative estimate of drug-likeness (QED) is 0.391. The molecule has 1 aliphatic rings. The lowest BCUT2D eigenvalue weighted by Crippen LogP contribution is -2.38. The summed E-state index contributed by atoms with van der Waals surface area (Å²) in [5, 5.41) is 2.74. The Kier molecular flexibility index (Phi) is 7.28. The summed E-state index contributed by atoms with van der Waals surface area (Å²) in [6, 6.07) is 4.14. The summed E-state index contributed by atoms with van der Waals surface area (Å²) in [5.41, 5.74) is 0.528. The number of imide groups is 1. The maximum atomic E-state index is 12.5. The van der Waals surface area contributed by atoms with Gasteiger partial charge in [-0.2, -0.15) is 0 Å². The van der Waals surface area contributed by atoms with Gasteiger partial charge >= 0.3 is 5.97 Å². The lowest BCUT2D eigenvalue weighted by molar-refractivity contribution is -0.125. The van der Waals surface area contributed by atoms with Crippen molar-refractivity contribution in [1.29, 1.82) is 0 Å². The minimum absolute atomic E-state index is 0.0427. The molecule has 1 atom stereocenters. The van der Waals surface area contributed by atoms with Crippen molar-refractivity contribution in [2.75, 3.05) is 26.9 Å². The number of nitrogens with one attached hydrogen (secondary N) is 1. The van der Waals surface area contributed by atoms with Crippen molar-refractivity contribution in [3.8, 4) is 0 Å². The molecule has 1 unspecified atom stereocenters. The van der Waals surface area contributed by atoms with Crippen LogP contribution in [0.1, 0.15) is 58.3 Å². The molecule has 0 aromatic heterocycles. The van der Waals surface area contributed by atoms with E-state index in [4.69, 9.17) is 9.47 Å². The smallest absolute Gasteiger partial charge is 0.338 e. The van der Waals surface area contributed by atoms with E-state index in [1.165, 1.54) is 18.2 Å². The second kappa shape index (κ2) is 9.45. The van der Waals surface area contributed by atoms with E-state index >= 15 is 0 Å². The highest BCUT2D eigenvalue weighted by Crippen LogP contribution is 2.24. The molecule has 1 aromatic carbocycles. The van der Waals surface area contributed by atoms with Crippen LogP contribution >= 0.6 is 0 Å². The van der Waals surface area contributed by atoms with E-state index in [2.05, 4.69) is 5.32 Å². The van der Waals surface area contributed by atoms with Crippen LogP contribution in [-0.4, -0.2) is 61.5 Å². The SMILES string of the molecule is COCCCN1C(=O)c2ccc(C(=O)OCC(=O)NC(C)C(C)C)cc2C1=O. The topological polar surface area (TPSA) is 102 Å². The van der Waals surface area contributed by atoms with Gasteiger partial charge in [0.15, 0.2) is 6.61 Å². The van der Waals surface area contributed by atoms with E-state index in [1.54, 1.807) is 7.11 Å². The second-order valence-corrected chi connectivity index (χ2v) is 7.04. The van der Waals surface area contributed by atoms with Gasteiger partial charge in [0.1, 0.15) is 0 Å². The fourth-order valence-electron chi connectivity index (χ4n) is 2.66. The molecule has 2 rings (SSSR count). The number of esters is 1. The Balaban J connectivity index is 2.00. The fourth-order valence-corrected chi connectivity index (χ4v) is 2.66. The Hall–Kier alpha value is -2.74. The van der Waals surface area contributed by atoms with Crippen LogP contribution in [0, 0.1) is 5.92 Å². The molecule has 1 aromatic rings. The number of carbonyl (C=O) groups excluding carboxylic acids is 4. The normalized spacial score (nSPS) is 14.2. The third-order valence-electron chi connectivity index (χ3n) is 4.66. The lowest BCUT2D eigenvalue weighted by atomic mass is 10.1. The van der Waals surface area contributed by atoms with Crippen LogP contribution < -0.4 is 5.32 Å². The van der Waals surface area contributed by atoms with Gasteiger partial charge in [0.2, 0.25) is 0 Å².